The fourth-order valence-electron chi connectivity index (χ4n) is 11.7. The first-order valence-electron chi connectivity index (χ1n) is 39.8. The highest BCUT2D eigenvalue weighted by Crippen LogP contribution is 2.45. The Labute approximate surface area is 588 Å². The van der Waals surface area contributed by atoms with Gasteiger partial charge in [0.2, 0.25) is 0 Å². The van der Waals surface area contributed by atoms with E-state index < -0.39 is 97.5 Å². The van der Waals surface area contributed by atoms with Gasteiger partial charge >= 0.3 is 39.5 Å². The quantitative estimate of drug-likeness (QED) is 0.0222. The minimum Gasteiger partial charge on any atom is -0.462 e. The molecule has 0 saturated carbocycles. The van der Waals surface area contributed by atoms with Gasteiger partial charge in [-0.3, -0.25) is 37.3 Å². The zero-order valence-electron chi connectivity index (χ0n) is 63.0. The van der Waals surface area contributed by atoms with E-state index in [0.29, 0.717) is 25.7 Å². The summed E-state index contributed by atoms with van der Waals surface area (Å²) in [5, 5.41) is 10.6. The van der Waals surface area contributed by atoms with Crippen LogP contribution in [0.15, 0.2) is 0 Å². The molecule has 17 nitrogen and oxygen atoms in total. The van der Waals surface area contributed by atoms with Crippen molar-refractivity contribution in [1.29, 1.82) is 0 Å². The lowest BCUT2D eigenvalue weighted by Gasteiger charge is -2.21. The van der Waals surface area contributed by atoms with Crippen LogP contribution in [0.2, 0.25) is 0 Å². The predicted molar refractivity (Wildman–Crippen MR) is 391 cm³/mol. The first kappa shape index (κ1) is 94.1. The van der Waals surface area contributed by atoms with Crippen LogP contribution in [0, 0.1) is 23.7 Å². The van der Waals surface area contributed by atoms with E-state index in [2.05, 4.69) is 55.4 Å². The van der Waals surface area contributed by atoms with E-state index in [1.165, 1.54) is 193 Å². The van der Waals surface area contributed by atoms with Crippen LogP contribution in [0.5, 0.6) is 0 Å². The second-order valence-electron chi connectivity index (χ2n) is 29.2. The number of ether oxygens (including phenoxy) is 4. The van der Waals surface area contributed by atoms with Gasteiger partial charge in [0.25, 0.3) is 0 Å². The van der Waals surface area contributed by atoms with Gasteiger partial charge < -0.3 is 33.8 Å². The van der Waals surface area contributed by atoms with Crippen LogP contribution in [-0.2, 0) is 65.4 Å². The van der Waals surface area contributed by atoms with E-state index in [9.17, 15) is 43.2 Å². The average molecular weight is 1410 g/mol. The molecule has 5 unspecified atom stereocenters. The van der Waals surface area contributed by atoms with Crippen LogP contribution in [0.25, 0.3) is 0 Å². The van der Waals surface area contributed by atoms with Crippen LogP contribution in [0.3, 0.4) is 0 Å². The highest BCUT2D eigenvalue weighted by Gasteiger charge is 2.30. The molecule has 0 aromatic rings. The monoisotopic (exact) mass is 1410 g/mol. The number of phosphoric acid groups is 2. The Bertz CT molecular complexity index is 1890. The lowest BCUT2D eigenvalue weighted by Crippen LogP contribution is -2.30. The van der Waals surface area contributed by atoms with Crippen LogP contribution >= 0.6 is 15.6 Å². The lowest BCUT2D eigenvalue weighted by atomic mass is 9.99. The van der Waals surface area contributed by atoms with Crippen molar-refractivity contribution in [2.45, 2.75) is 408 Å². The van der Waals surface area contributed by atoms with Crippen molar-refractivity contribution >= 4 is 39.5 Å². The summed E-state index contributed by atoms with van der Waals surface area (Å²) < 4.78 is 68.5. The van der Waals surface area contributed by atoms with E-state index in [0.717, 1.165) is 114 Å². The zero-order valence-corrected chi connectivity index (χ0v) is 64.8. The molecule has 0 radical (unpaired) electrons. The molecular formula is C77H150O17P2. The number of unbranched alkanes of at least 4 members (excludes halogenated alkanes) is 38. The molecule has 0 amide bonds. The number of phosphoric ester groups is 2. The first-order chi connectivity index (χ1) is 46.2. The number of aliphatic hydroxyl groups is 1. The number of aliphatic hydroxyl groups excluding tert-OH is 1. The SMILES string of the molecule is CCC(C)CCCCCCCCCCCCCCCCC(=O)OC[C@H](COP(=O)(O)OCC(O)COP(=O)(O)OC[C@@H](COC(=O)CCCCCCCCCCC(C)C)OC(=O)CCCCCCCCC(C)CC)OC(=O)CCCCCCCCCCCCCCCCC(C)C. The van der Waals surface area contributed by atoms with Crippen molar-refractivity contribution in [3.63, 3.8) is 0 Å². The molecule has 0 rings (SSSR count). The van der Waals surface area contributed by atoms with E-state index in [-0.39, 0.29) is 25.7 Å². The highest BCUT2D eigenvalue weighted by atomic mass is 31.2. The van der Waals surface area contributed by atoms with Crippen molar-refractivity contribution in [1.82, 2.24) is 0 Å². The van der Waals surface area contributed by atoms with Gasteiger partial charge in [-0.05, 0) is 49.4 Å². The molecule has 0 heterocycles. The predicted octanol–water partition coefficient (Wildman–Crippen LogP) is 22.4. The van der Waals surface area contributed by atoms with Gasteiger partial charge in [-0.25, -0.2) is 9.13 Å². The number of hydrogen-bond donors (Lipinski definition) is 3. The Morgan fingerprint density at radius 2 is 0.500 bits per heavy atom. The largest absolute Gasteiger partial charge is 0.472 e. The van der Waals surface area contributed by atoms with Crippen molar-refractivity contribution < 1.29 is 80.2 Å². The number of rotatable bonds is 74. The normalized spacial score (nSPS) is 14.7. The van der Waals surface area contributed by atoms with E-state index in [1.54, 1.807) is 0 Å². The molecule has 19 heteroatoms. The minimum atomic E-state index is -4.96. The second kappa shape index (κ2) is 66.3. The third-order valence-electron chi connectivity index (χ3n) is 18.5. The summed E-state index contributed by atoms with van der Waals surface area (Å²) >= 11 is 0. The van der Waals surface area contributed by atoms with E-state index in [1.807, 2.05) is 0 Å². The Hall–Kier alpha value is -1.94. The molecule has 96 heavy (non-hydrogen) atoms. The average Bonchev–Trinajstić information content (AvgIpc) is 1.41. The van der Waals surface area contributed by atoms with Gasteiger partial charge in [-0.1, -0.05) is 338 Å². The summed E-state index contributed by atoms with van der Waals surface area (Å²) in [7, 11) is -9.91. The van der Waals surface area contributed by atoms with Crippen molar-refractivity contribution in [3.05, 3.63) is 0 Å². The molecular weight excluding hydrogens is 1260 g/mol. The summed E-state index contributed by atoms with van der Waals surface area (Å²) in [5.41, 5.74) is 0. The van der Waals surface area contributed by atoms with Gasteiger partial charge in [-0.15, -0.1) is 0 Å². The Balaban J connectivity index is 5.24. The fourth-order valence-corrected chi connectivity index (χ4v) is 13.2. The highest BCUT2D eigenvalue weighted by molar-refractivity contribution is 7.47. The van der Waals surface area contributed by atoms with E-state index in [4.69, 9.17) is 37.0 Å². The summed E-state index contributed by atoms with van der Waals surface area (Å²) in [4.78, 5) is 72.8. The van der Waals surface area contributed by atoms with Gasteiger partial charge in [-0.2, -0.15) is 0 Å². The number of carbonyl (C=O) groups excluding carboxylic acids is 4. The van der Waals surface area contributed by atoms with Gasteiger partial charge in [0.05, 0.1) is 26.4 Å². The Morgan fingerprint density at radius 1 is 0.292 bits per heavy atom. The molecule has 0 aliphatic heterocycles. The van der Waals surface area contributed by atoms with E-state index >= 15 is 0 Å². The lowest BCUT2D eigenvalue weighted by molar-refractivity contribution is -0.161. The molecule has 3 N–H and O–H groups in total. The molecule has 0 spiro atoms. The summed E-state index contributed by atoms with van der Waals surface area (Å²) in [6.07, 6.45) is 51.4. The fraction of sp³-hybridized carbons (Fsp3) is 0.948. The smallest absolute Gasteiger partial charge is 0.462 e. The number of carbonyl (C=O) groups is 4. The number of hydrogen-bond acceptors (Lipinski definition) is 15. The molecule has 0 aromatic carbocycles. The molecule has 0 aliphatic rings. The van der Waals surface area contributed by atoms with Crippen LogP contribution < -0.4 is 0 Å². The first-order valence-corrected chi connectivity index (χ1v) is 42.8. The second-order valence-corrected chi connectivity index (χ2v) is 32.1. The molecule has 0 saturated heterocycles. The summed E-state index contributed by atoms with van der Waals surface area (Å²) in [6.45, 7) is 14.2. The topological polar surface area (TPSA) is 237 Å². The maximum Gasteiger partial charge on any atom is 0.472 e. The molecule has 0 bridgehead atoms. The van der Waals surface area contributed by atoms with Crippen LogP contribution in [0.1, 0.15) is 389 Å². The summed E-state index contributed by atoms with van der Waals surface area (Å²) in [6, 6.07) is 0. The van der Waals surface area contributed by atoms with Gasteiger partial charge in [0.15, 0.2) is 12.2 Å². The standard InChI is InChI=1S/C77H150O17P2/c1-9-69(7)55-47-39-31-24-20-16-12-14-17-21-25-32-41-49-57-74(79)87-63-72(93-76(81)59-51-43-34-26-22-18-13-11-15-19-23-29-37-45-53-67(3)4)65-91-95(83,84)89-61-71(78)62-90-96(85,86)92-66-73(94-77(82)60-52-44-36-35-40-48-56-70(8)10-2)64-88-75(80)58-50-42-33-28-27-30-38-46-54-68(5)6/h67-73,78H,9-66H2,1-8H3,(H,83,84)(H,85,86)/t69?,70?,71?,72-,73-/m1/s1. The maximum absolute atomic E-state index is 13.1. The van der Waals surface area contributed by atoms with Crippen molar-refractivity contribution in [3.8, 4) is 0 Å². The third-order valence-corrected chi connectivity index (χ3v) is 20.4. The van der Waals surface area contributed by atoms with Crippen LogP contribution in [0.4, 0.5) is 0 Å². The molecule has 7 atom stereocenters. The third kappa shape index (κ3) is 67.9. The molecule has 0 aliphatic carbocycles. The minimum absolute atomic E-state index is 0.102. The Kier molecular flexibility index (Phi) is 65.0. The Morgan fingerprint density at radius 3 is 0.740 bits per heavy atom. The molecule has 570 valence electrons. The van der Waals surface area contributed by atoms with Crippen molar-refractivity contribution in [2.24, 2.45) is 23.7 Å². The molecule has 0 aromatic heterocycles. The van der Waals surface area contributed by atoms with Gasteiger partial charge in [0, 0.05) is 25.7 Å². The summed E-state index contributed by atoms with van der Waals surface area (Å²) in [5.74, 6) is 0.969. The van der Waals surface area contributed by atoms with Crippen LogP contribution in [-0.4, -0.2) is 96.7 Å². The maximum atomic E-state index is 13.1. The number of esters is 4. The van der Waals surface area contributed by atoms with Gasteiger partial charge in [0.1, 0.15) is 19.3 Å². The molecule has 0 fully saturated rings. The van der Waals surface area contributed by atoms with Crippen molar-refractivity contribution in [2.75, 3.05) is 39.6 Å². The zero-order chi connectivity index (χ0) is 71.0.